The summed E-state index contributed by atoms with van der Waals surface area (Å²) < 4.78 is 10.5. The van der Waals surface area contributed by atoms with Crippen LogP contribution in [0.15, 0.2) is 24.3 Å². The number of nitrogens with one attached hydrogen (secondary N) is 2. The molecule has 0 spiro atoms. The van der Waals surface area contributed by atoms with Crippen molar-refractivity contribution >= 4 is 23.9 Å². The van der Waals surface area contributed by atoms with Crippen LogP contribution in [-0.2, 0) is 23.9 Å². The third-order valence-corrected chi connectivity index (χ3v) is 6.41. The normalized spacial score (nSPS) is 13.8. The average Bonchev–Trinajstić information content (AvgIpc) is 2.83. The summed E-state index contributed by atoms with van der Waals surface area (Å²) in [6.45, 7) is 19.4. The lowest BCUT2D eigenvalue weighted by Crippen LogP contribution is -2.56. The topological polar surface area (TPSA) is 114 Å². The number of alkyl carbamates (subject to hydrolysis) is 1. The Labute approximate surface area is 247 Å². The number of hydrogen-bond donors (Lipinski definition) is 2. The lowest BCUT2D eigenvalue weighted by molar-refractivity contribution is -0.146. The van der Waals surface area contributed by atoms with E-state index in [1.807, 2.05) is 52.0 Å². The maximum atomic E-state index is 14.4. The van der Waals surface area contributed by atoms with Gasteiger partial charge in [-0.25, -0.2) is 4.79 Å². The quantitative estimate of drug-likeness (QED) is 0.260. The number of nitrogens with zero attached hydrogens (tertiary/aromatic N) is 1. The highest BCUT2D eigenvalue weighted by molar-refractivity contribution is 5.92. The van der Waals surface area contributed by atoms with Gasteiger partial charge in [0.25, 0.3) is 0 Å². The molecule has 0 saturated heterocycles. The van der Waals surface area contributed by atoms with Crippen LogP contribution in [0.3, 0.4) is 0 Å². The molecule has 1 rings (SSSR count). The fraction of sp³-hybridized carbons (Fsp3) is 0.688. The zero-order chi connectivity index (χ0) is 31.3. The van der Waals surface area contributed by atoms with Gasteiger partial charge in [-0.05, 0) is 78.2 Å². The van der Waals surface area contributed by atoms with Crippen LogP contribution >= 0.6 is 0 Å². The largest absolute Gasteiger partial charge is 0.466 e. The first-order valence-electron chi connectivity index (χ1n) is 14.9. The second-order valence-corrected chi connectivity index (χ2v) is 12.6. The van der Waals surface area contributed by atoms with Gasteiger partial charge in [0.05, 0.1) is 13.0 Å². The number of amides is 3. The van der Waals surface area contributed by atoms with E-state index in [9.17, 15) is 19.2 Å². The van der Waals surface area contributed by atoms with Crippen molar-refractivity contribution in [3.63, 3.8) is 0 Å². The number of aryl methyl sites for hydroxylation is 1. The van der Waals surface area contributed by atoms with E-state index < -0.39 is 35.7 Å². The second-order valence-electron chi connectivity index (χ2n) is 12.6. The van der Waals surface area contributed by atoms with E-state index in [1.165, 1.54) is 0 Å². The smallest absolute Gasteiger partial charge is 0.408 e. The highest BCUT2D eigenvalue weighted by Gasteiger charge is 2.39. The number of carbonyl (C=O) groups excluding carboxylic acids is 4. The summed E-state index contributed by atoms with van der Waals surface area (Å²) in [5, 5.41) is 5.64. The van der Waals surface area contributed by atoms with Crippen molar-refractivity contribution in [2.24, 2.45) is 11.8 Å². The molecule has 0 aromatic heterocycles. The molecule has 3 amide bonds. The van der Waals surface area contributed by atoms with Crippen LogP contribution in [0.25, 0.3) is 0 Å². The van der Waals surface area contributed by atoms with E-state index in [0.29, 0.717) is 24.3 Å². The van der Waals surface area contributed by atoms with Gasteiger partial charge in [0, 0.05) is 12.6 Å². The van der Waals surface area contributed by atoms with Crippen LogP contribution in [-0.4, -0.2) is 59.6 Å². The summed E-state index contributed by atoms with van der Waals surface area (Å²) in [7, 11) is 0. The molecule has 2 N–H and O–H groups in total. The molecule has 0 heterocycles. The number of carbonyl (C=O) groups is 4. The predicted octanol–water partition coefficient (Wildman–Crippen LogP) is 5.70. The Morgan fingerprint density at radius 1 is 0.976 bits per heavy atom. The molecule has 9 nitrogen and oxygen atoms in total. The zero-order valence-corrected chi connectivity index (χ0v) is 26.8. The number of esters is 1. The molecule has 41 heavy (non-hydrogen) atoms. The fourth-order valence-electron chi connectivity index (χ4n) is 4.53. The van der Waals surface area contributed by atoms with Gasteiger partial charge in [0.1, 0.15) is 17.7 Å². The van der Waals surface area contributed by atoms with E-state index in [4.69, 9.17) is 9.47 Å². The Hall–Kier alpha value is -3.10. The summed E-state index contributed by atoms with van der Waals surface area (Å²) in [5.41, 5.74) is 0.867. The molecule has 0 aliphatic heterocycles. The van der Waals surface area contributed by atoms with Gasteiger partial charge in [-0.3, -0.25) is 14.4 Å². The minimum Gasteiger partial charge on any atom is -0.466 e. The first-order valence-corrected chi connectivity index (χ1v) is 14.9. The molecule has 232 valence electrons. The van der Waals surface area contributed by atoms with Gasteiger partial charge < -0.3 is 25.0 Å². The third-order valence-electron chi connectivity index (χ3n) is 6.41. The van der Waals surface area contributed by atoms with Crippen molar-refractivity contribution in [2.45, 2.75) is 119 Å². The minimum atomic E-state index is -0.971. The van der Waals surface area contributed by atoms with Crippen molar-refractivity contribution < 1.29 is 28.7 Å². The van der Waals surface area contributed by atoms with Crippen molar-refractivity contribution in [3.05, 3.63) is 35.4 Å². The minimum absolute atomic E-state index is 0.0210. The Bertz CT molecular complexity index is 1000. The van der Waals surface area contributed by atoms with Crippen molar-refractivity contribution in [1.29, 1.82) is 0 Å². The van der Waals surface area contributed by atoms with Crippen molar-refractivity contribution in [1.82, 2.24) is 15.5 Å². The molecular formula is C32H53N3O6. The molecule has 3 unspecified atom stereocenters. The first kappa shape index (κ1) is 35.9. The van der Waals surface area contributed by atoms with Gasteiger partial charge in [0.15, 0.2) is 0 Å². The molecule has 0 saturated carbocycles. The summed E-state index contributed by atoms with van der Waals surface area (Å²) >= 11 is 0. The first-order chi connectivity index (χ1) is 19.0. The van der Waals surface area contributed by atoms with Gasteiger partial charge in [-0.2, -0.15) is 0 Å². The summed E-state index contributed by atoms with van der Waals surface area (Å²) in [6.07, 6.45) is 1.23. The molecule has 3 atom stereocenters. The molecule has 1 aromatic rings. The zero-order valence-electron chi connectivity index (χ0n) is 26.8. The summed E-state index contributed by atoms with van der Waals surface area (Å²) in [4.78, 5) is 54.6. The number of hydrogen-bond acceptors (Lipinski definition) is 6. The van der Waals surface area contributed by atoms with Gasteiger partial charge in [-0.1, -0.05) is 57.5 Å². The lowest BCUT2D eigenvalue weighted by atomic mass is 9.95. The molecule has 0 aliphatic rings. The molecule has 0 radical (unpaired) electrons. The molecule has 0 fully saturated rings. The highest BCUT2D eigenvalue weighted by atomic mass is 16.6. The maximum Gasteiger partial charge on any atom is 0.408 e. The Morgan fingerprint density at radius 2 is 1.63 bits per heavy atom. The van der Waals surface area contributed by atoms with E-state index in [0.717, 1.165) is 12.0 Å². The number of ether oxygens (including phenoxy) is 2. The SMILES string of the molecule is CCOC(=O)CCNC(=O)C(c1cccc(C)c1)N(C(=O)C(CC(C)C)NC(=O)OC(C)(C)C)C(C)CCC(C)C. The monoisotopic (exact) mass is 575 g/mol. The van der Waals surface area contributed by atoms with Crippen LogP contribution in [0.2, 0.25) is 0 Å². The predicted molar refractivity (Wildman–Crippen MR) is 161 cm³/mol. The standard InChI is InChI=1S/C32H53N3O6/c1-11-40-27(36)17-18-33-29(37)28(25-14-12-13-23(6)20-25)35(24(7)16-15-21(2)3)30(38)26(19-22(4)5)34-31(39)41-32(8,9)10/h12-14,20-22,24,26,28H,11,15-19H2,1-10H3,(H,33,37)(H,34,39). The van der Waals surface area contributed by atoms with Crippen LogP contribution in [0, 0.1) is 18.8 Å². The van der Waals surface area contributed by atoms with Crippen LogP contribution < -0.4 is 10.6 Å². The van der Waals surface area contributed by atoms with E-state index >= 15 is 0 Å². The fourth-order valence-corrected chi connectivity index (χ4v) is 4.53. The summed E-state index contributed by atoms with van der Waals surface area (Å²) in [5.74, 6) is -0.672. The van der Waals surface area contributed by atoms with E-state index in [1.54, 1.807) is 32.6 Å². The van der Waals surface area contributed by atoms with Crippen LogP contribution in [0.1, 0.15) is 105 Å². The third kappa shape index (κ3) is 13.4. The Morgan fingerprint density at radius 3 is 2.17 bits per heavy atom. The highest BCUT2D eigenvalue weighted by Crippen LogP contribution is 2.29. The number of benzene rings is 1. The maximum absolute atomic E-state index is 14.4. The molecule has 0 aliphatic carbocycles. The van der Waals surface area contributed by atoms with Crippen molar-refractivity contribution in [2.75, 3.05) is 13.2 Å². The average molecular weight is 576 g/mol. The molecular weight excluding hydrogens is 522 g/mol. The van der Waals surface area contributed by atoms with Crippen LogP contribution in [0.4, 0.5) is 4.79 Å². The van der Waals surface area contributed by atoms with Gasteiger partial charge in [-0.15, -0.1) is 0 Å². The van der Waals surface area contributed by atoms with E-state index in [2.05, 4.69) is 24.5 Å². The summed E-state index contributed by atoms with van der Waals surface area (Å²) in [6, 6.07) is 5.32. The van der Waals surface area contributed by atoms with Gasteiger partial charge >= 0.3 is 12.1 Å². The molecule has 1 aromatic carbocycles. The Balaban J connectivity index is 3.56. The van der Waals surface area contributed by atoms with Crippen molar-refractivity contribution in [3.8, 4) is 0 Å². The van der Waals surface area contributed by atoms with Crippen LogP contribution in [0.5, 0.6) is 0 Å². The Kier molecular flexibility index (Phi) is 14.9. The second kappa shape index (κ2) is 17.0. The number of rotatable bonds is 15. The lowest BCUT2D eigenvalue weighted by Gasteiger charge is -2.39. The molecule has 9 heteroatoms. The molecule has 0 bridgehead atoms. The van der Waals surface area contributed by atoms with Gasteiger partial charge in [0.2, 0.25) is 11.8 Å². The van der Waals surface area contributed by atoms with E-state index in [-0.39, 0.29) is 37.4 Å².